The first-order valence-corrected chi connectivity index (χ1v) is 8.97. The quantitative estimate of drug-likeness (QED) is 0.506. The van der Waals surface area contributed by atoms with Crippen molar-refractivity contribution in [2.45, 2.75) is 12.6 Å². The van der Waals surface area contributed by atoms with E-state index in [-0.39, 0.29) is 6.04 Å². The number of carbonyl (C=O) groups is 1. The highest BCUT2D eigenvalue weighted by atomic mass is 16.5. The zero-order valence-corrected chi connectivity index (χ0v) is 16.0. The lowest BCUT2D eigenvalue weighted by molar-refractivity contribution is -0.130. The van der Waals surface area contributed by atoms with Crippen LogP contribution in [0.25, 0.3) is 0 Å². The predicted molar refractivity (Wildman–Crippen MR) is 109 cm³/mol. The average Bonchev–Trinajstić information content (AvgIpc) is 2.70. The number of benzene rings is 2. The molecule has 0 fully saturated rings. The minimum Gasteiger partial charge on any atom is -0.490 e. The van der Waals surface area contributed by atoms with Crippen molar-refractivity contribution in [1.29, 1.82) is 0 Å². The summed E-state index contributed by atoms with van der Waals surface area (Å²) < 4.78 is 11.5. The van der Waals surface area contributed by atoms with Crippen LogP contribution in [0.5, 0.6) is 5.75 Å². The van der Waals surface area contributed by atoms with Gasteiger partial charge in [0.1, 0.15) is 12.4 Å². The molecule has 0 spiro atoms. The van der Waals surface area contributed by atoms with Crippen LogP contribution < -0.4 is 4.74 Å². The molecule has 0 aliphatic rings. The lowest BCUT2D eigenvalue weighted by atomic mass is 10.1. The summed E-state index contributed by atoms with van der Waals surface area (Å²) in [6.07, 6.45) is 1.70. The molecule has 0 aromatic heterocycles. The topological polar surface area (TPSA) is 59.0 Å². The Morgan fingerprint density at radius 3 is 2.57 bits per heavy atom. The van der Waals surface area contributed by atoms with Crippen LogP contribution in [-0.4, -0.2) is 42.8 Å². The fourth-order valence-electron chi connectivity index (χ4n) is 2.63. The predicted octanol–water partition coefficient (Wildman–Crippen LogP) is 3.53. The molecule has 0 aliphatic heterocycles. The number of carboxylic acids is 1. The van der Waals surface area contributed by atoms with Crippen LogP contribution in [0.2, 0.25) is 0 Å². The first-order chi connectivity index (χ1) is 13.6. The maximum atomic E-state index is 10.6. The van der Waals surface area contributed by atoms with Crippen LogP contribution in [0, 0.1) is 11.8 Å². The standard InChI is InChI=1S/C23H25NO4/c1-3-16-28-21-13-11-20(12-14-21)22(24(2)15-7-10-23(25)26)18-27-17-19-8-5-4-6-9-19/h3-6,8-9,11-14,22H,1,15-18H2,2H3,(H,25,26). The van der Waals surface area contributed by atoms with Crippen molar-refractivity contribution in [3.8, 4) is 17.6 Å². The van der Waals surface area contributed by atoms with E-state index in [9.17, 15) is 4.79 Å². The van der Waals surface area contributed by atoms with Crippen molar-refractivity contribution >= 4 is 5.97 Å². The third-order valence-electron chi connectivity index (χ3n) is 4.08. The number of hydrogen-bond donors (Lipinski definition) is 1. The maximum Gasteiger partial charge on any atom is 0.381 e. The van der Waals surface area contributed by atoms with Gasteiger partial charge in [0.05, 0.1) is 25.8 Å². The summed E-state index contributed by atoms with van der Waals surface area (Å²) in [6.45, 7) is 5.37. The van der Waals surface area contributed by atoms with Gasteiger partial charge in [-0.1, -0.05) is 61.0 Å². The van der Waals surface area contributed by atoms with Crippen LogP contribution in [0.1, 0.15) is 17.2 Å². The van der Waals surface area contributed by atoms with Crippen LogP contribution in [0.3, 0.4) is 0 Å². The summed E-state index contributed by atoms with van der Waals surface area (Å²) in [5, 5.41) is 8.71. The third-order valence-corrected chi connectivity index (χ3v) is 4.08. The Kier molecular flexibility index (Phi) is 8.80. The highest BCUT2D eigenvalue weighted by Gasteiger charge is 2.17. The Morgan fingerprint density at radius 2 is 1.93 bits per heavy atom. The molecular formula is C23H25NO4. The monoisotopic (exact) mass is 379 g/mol. The summed E-state index contributed by atoms with van der Waals surface area (Å²) in [7, 11) is 1.90. The van der Waals surface area contributed by atoms with Crippen LogP contribution in [-0.2, 0) is 16.1 Å². The largest absolute Gasteiger partial charge is 0.490 e. The van der Waals surface area contributed by atoms with Gasteiger partial charge in [0, 0.05) is 5.92 Å². The molecular weight excluding hydrogens is 354 g/mol. The fraction of sp³-hybridized carbons (Fsp3) is 0.261. The zero-order chi connectivity index (χ0) is 20.2. The second kappa shape index (κ2) is 11.6. The molecule has 0 bridgehead atoms. The van der Waals surface area contributed by atoms with Gasteiger partial charge in [0.25, 0.3) is 0 Å². The second-order valence-corrected chi connectivity index (χ2v) is 6.21. The third kappa shape index (κ3) is 7.28. The molecule has 1 atom stereocenters. The number of aliphatic carboxylic acids is 1. The maximum absolute atomic E-state index is 10.6. The Labute approximate surface area is 166 Å². The van der Waals surface area contributed by atoms with Gasteiger partial charge in [-0.15, -0.1) is 0 Å². The summed E-state index contributed by atoms with van der Waals surface area (Å²) in [5.74, 6) is 4.45. The lowest BCUT2D eigenvalue weighted by Gasteiger charge is -2.27. The molecule has 0 radical (unpaired) electrons. The van der Waals surface area contributed by atoms with E-state index < -0.39 is 5.97 Å². The molecule has 5 heteroatoms. The van der Waals surface area contributed by atoms with Crippen LogP contribution >= 0.6 is 0 Å². The number of nitrogens with zero attached hydrogens (tertiary/aromatic N) is 1. The van der Waals surface area contributed by atoms with E-state index in [0.717, 1.165) is 16.9 Å². The molecule has 0 saturated carbocycles. The van der Waals surface area contributed by atoms with Crippen molar-refractivity contribution in [2.75, 3.05) is 26.8 Å². The van der Waals surface area contributed by atoms with E-state index in [1.165, 1.54) is 0 Å². The Hall–Kier alpha value is -3.07. The highest BCUT2D eigenvalue weighted by molar-refractivity contribution is 5.86. The molecule has 1 N–H and O–H groups in total. The minimum atomic E-state index is -1.13. The molecule has 5 nitrogen and oxygen atoms in total. The fourth-order valence-corrected chi connectivity index (χ4v) is 2.63. The van der Waals surface area contributed by atoms with E-state index in [1.807, 2.05) is 66.5 Å². The van der Waals surface area contributed by atoms with Crippen molar-refractivity contribution in [2.24, 2.45) is 0 Å². The molecule has 2 rings (SSSR count). The van der Waals surface area contributed by atoms with Crippen molar-refractivity contribution in [3.63, 3.8) is 0 Å². The Morgan fingerprint density at radius 1 is 1.21 bits per heavy atom. The van der Waals surface area contributed by atoms with Gasteiger partial charge in [-0.2, -0.15) is 0 Å². The molecule has 2 aromatic rings. The zero-order valence-electron chi connectivity index (χ0n) is 16.0. The van der Waals surface area contributed by atoms with Gasteiger partial charge >= 0.3 is 5.97 Å². The first kappa shape index (κ1) is 21.2. The van der Waals surface area contributed by atoms with Crippen molar-refractivity contribution in [1.82, 2.24) is 4.90 Å². The van der Waals surface area contributed by atoms with Gasteiger partial charge in [-0.25, -0.2) is 4.79 Å². The minimum absolute atomic E-state index is 0.0692. The number of rotatable bonds is 10. The van der Waals surface area contributed by atoms with Gasteiger partial charge in [0.15, 0.2) is 0 Å². The number of hydrogen-bond acceptors (Lipinski definition) is 4. The normalized spacial score (nSPS) is 11.4. The van der Waals surface area contributed by atoms with Crippen molar-refractivity contribution in [3.05, 3.63) is 78.4 Å². The van der Waals surface area contributed by atoms with E-state index in [0.29, 0.717) is 26.4 Å². The van der Waals surface area contributed by atoms with E-state index in [4.69, 9.17) is 14.6 Å². The highest BCUT2D eigenvalue weighted by Crippen LogP contribution is 2.23. The van der Waals surface area contributed by atoms with E-state index in [1.54, 1.807) is 6.08 Å². The van der Waals surface area contributed by atoms with Crippen LogP contribution in [0.4, 0.5) is 0 Å². The smallest absolute Gasteiger partial charge is 0.381 e. The summed E-state index contributed by atoms with van der Waals surface area (Å²) in [4.78, 5) is 12.6. The molecule has 146 valence electrons. The van der Waals surface area contributed by atoms with Crippen LogP contribution in [0.15, 0.2) is 67.3 Å². The Bertz CT molecular complexity index is 806. The van der Waals surface area contributed by atoms with E-state index >= 15 is 0 Å². The summed E-state index contributed by atoms with van der Waals surface area (Å²) in [6, 6.07) is 17.7. The van der Waals surface area contributed by atoms with Crippen molar-refractivity contribution < 1.29 is 19.4 Å². The number of ether oxygens (including phenoxy) is 2. The van der Waals surface area contributed by atoms with Gasteiger partial charge < -0.3 is 14.6 Å². The lowest BCUT2D eigenvalue weighted by Crippen LogP contribution is -2.28. The molecule has 0 amide bonds. The first-order valence-electron chi connectivity index (χ1n) is 8.97. The second-order valence-electron chi connectivity index (χ2n) is 6.21. The average molecular weight is 379 g/mol. The molecule has 2 aromatic carbocycles. The molecule has 0 heterocycles. The number of likely N-dealkylation sites (N-methyl/N-ethyl adjacent to an activating group) is 1. The molecule has 0 aliphatic carbocycles. The molecule has 1 unspecified atom stereocenters. The molecule has 0 saturated heterocycles. The Balaban J connectivity index is 2.07. The SMILES string of the molecule is C=CCOc1ccc(C(COCc2ccccc2)N(C)CC#CC(=O)O)cc1. The van der Waals surface area contributed by atoms with E-state index in [2.05, 4.69) is 18.4 Å². The van der Waals surface area contributed by atoms with Gasteiger partial charge in [0.2, 0.25) is 0 Å². The van der Waals surface area contributed by atoms with Gasteiger partial charge in [-0.05, 0) is 30.3 Å². The summed E-state index contributed by atoms with van der Waals surface area (Å²) in [5.41, 5.74) is 2.14. The summed E-state index contributed by atoms with van der Waals surface area (Å²) >= 11 is 0. The van der Waals surface area contributed by atoms with Gasteiger partial charge in [-0.3, -0.25) is 4.90 Å². The molecule has 28 heavy (non-hydrogen) atoms. The number of carboxylic acid groups (broad SMARTS) is 1.